The van der Waals surface area contributed by atoms with Gasteiger partial charge < -0.3 is 4.90 Å². The van der Waals surface area contributed by atoms with Crippen LogP contribution in [0.3, 0.4) is 0 Å². The Kier molecular flexibility index (Phi) is 4.55. The average Bonchev–Trinajstić information content (AvgIpc) is 2.63. The van der Waals surface area contributed by atoms with E-state index < -0.39 is 31.3 Å². The van der Waals surface area contributed by atoms with Crippen LogP contribution in [0, 0.1) is 15.9 Å². The smallest absolute Gasteiger partial charge is 0.292 e. The maximum Gasteiger partial charge on any atom is 0.292 e. The monoisotopic (exact) mass is 317 g/mol. The van der Waals surface area contributed by atoms with Crippen LogP contribution in [0.1, 0.15) is 6.42 Å². The van der Waals surface area contributed by atoms with E-state index in [-0.39, 0.29) is 13.1 Å². The molecule has 0 saturated carbocycles. The van der Waals surface area contributed by atoms with Gasteiger partial charge in [0.2, 0.25) is 0 Å². The Balaban J connectivity index is 2.47. The number of hydrogen-bond acceptors (Lipinski definition) is 5. The fraction of sp³-hybridized carbons (Fsp3) is 0.500. The third kappa shape index (κ3) is 3.20. The predicted octanol–water partition coefficient (Wildman–Crippen LogP) is 1.06. The summed E-state index contributed by atoms with van der Waals surface area (Å²) in [5.41, 5.74) is -0.729. The van der Waals surface area contributed by atoms with Crippen molar-refractivity contribution in [3.05, 3.63) is 34.1 Å². The van der Waals surface area contributed by atoms with Crippen LogP contribution >= 0.6 is 0 Å². The summed E-state index contributed by atoms with van der Waals surface area (Å²) < 4.78 is 40.1. The van der Waals surface area contributed by atoms with E-state index in [0.717, 1.165) is 29.0 Å². The van der Waals surface area contributed by atoms with Gasteiger partial charge in [-0.1, -0.05) is 6.07 Å². The standard InChI is InChI=1S/C12H16FN3O4S/c1-14-6-3-7-15(9-8-14)21(19,20)12-10(13)4-2-5-11(12)16(17)18/h2,4-5H,3,6-9H2,1H3. The third-order valence-corrected chi connectivity index (χ3v) is 5.38. The number of halogens is 1. The van der Waals surface area contributed by atoms with Gasteiger partial charge in [-0.05, 0) is 26.1 Å². The van der Waals surface area contributed by atoms with Crippen LogP contribution in [0.25, 0.3) is 0 Å². The summed E-state index contributed by atoms with van der Waals surface area (Å²) in [6, 6.07) is 3.05. The van der Waals surface area contributed by atoms with Crippen molar-refractivity contribution in [1.29, 1.82) is 0 Å². The number of nitrogens with zero attached hydrogens (tertiary/aromatic N) is 3. The van der Waals surface area contributed by atoms with Gasteiger partial charge in [-0.15, -0.1) is 0 Å². The molecule has 0 radical (unpaired) electrons. The van der Waals surface area contributed by atoms with E-state index in [0.29, 0.717) is 13.0 Å². The molecule has 1 aromatic rings. The number of sulfonamides is 1. The molecule has 0 amide bonds. The van der Waals surface area contributed by atoms with E-state index in [9.17, 15) is 22.9 Å². The maximum atomic E-state index is 13.9. The summed E-state index contributed by atoms with van der Waals surface area (Å²) >= 11 is 0. The Morgan fingerprint density at radius 2 is 1.95 bits per heavy atom. The number of nitro benzene ring substituents is 1. The van der Waals surface area contributed by atoms with Crippen molar-refractivity contribution in [2.75, 3.05) is 33.2 Å². The number of hydrogen-bond donors (Lipinski definition) is 0. The normalized spacial score (nSPS) is 18.4. The molecule has 0 aromatic heterocycles. The van der Waals surface area contributed by atoms with Gasteiger partial charge in [-0.3, -0.25) is 10.1 Å². The Morgan fingerprint density at radius 3 is 2.62 bits per heavy atom. The first-order valence-corrected chi connectivity index (χ1v) is 7.89. The molecule has 1 saturated heterocycles. The third-order valence-electron chi connectivity index (χ3n) is 3.42. The average molecular weight is 317 g/mol. The Morgan fingerprint density at radius 1 is 1.24 bits per heavy atom. The molecule has 116 valence electrons. The summed E-state index contributed by atoms with van der Waals surface area (Å²) in [7, 11) is -2.36. The highest BCUT2D eigenvalue weighted by atomic mass is 32.2. The SMILES string of the molecule is CN1CCCN(S(=O)(=O)c2c(F)cccc2[N+](=O)[O-])CC1. The lowest BCUT2D eigenvalue weighted by atomic mass is 10.3. The van der Waals surface area contributed by atoms with Crippen molar-refractivity contribution >= 4 is 15.7 Å². The first kappa shape index (κ1) is 15.8. The van der Waals surface area contributed by atoms with Crippen molar-refractivity contribution in [2.45, 2.75) is 11.3 Å². The summed E-state index contributed by atoms with van der Waals surface area (Å²) in [4.78, 5) is 11.2. The van der Waals surface area contributed by atoms with Crippen LogP contribution in [-0.4, -0.2) is 55.8 Å². The lowest BCUT2D eigenvalue weighted by Crippen LogP contribution is -2.35. The van der Waals surface area contributed by atoms with Crippen molar-refractivity contribution in [1.82, 2.24) is 9.21 Å². The van der Waals surface area contributed by atoms with Crippen LogP contribution in [0.15, 0.2) is 23.1 Å². The van der Waals surface area contributed by atoms with E-state index in [1.165, 1.54) is 0 Å². The largest absolute Gasteiger partial charge is 0.305 e. The first-order valence-electron chi connectivity index (χ1n) is 6.45. The molecule has 1 aliphatic rings. The minimum atomic E-state index is -4.23. The number of benzene rings is 1. The predicted molar refractivity (Wildman–Crippen MR) is 73.9 cm³/mol. The fourth-order valence-corrected chi connectivity index (χ4v) is 3.96. The minimum absolute atomic E-state index is 0.185. The zero-order chi connectivity index (χ0) is 15.6. The van der Waals surface area contributed by atoms with Crippen molar-refractivity contribution in [2.24, 2.45) is 0 Å². The first-order chi connectivity index (χ1) is 9.84. The summed E-state index contributed by atoms with van der Waals surface area (Å²) in [5.74, 6) is -1.10. The van der Waals surface area contributed by atoms with E-state index >= 15 is 0 Å². The summed E-state index contributed by atoms with van der Waals surface area (Å²) in [6.45, 7) is 1.63. The van der Waals surface area contributed by atoms with Gasteiger partial charge in [-0.25, -0.2) is 12.8 Å². The lowest BCUT2D eigenvalue weighted by molar-refractivity contribution is -0.388. The molecule has 21 heavy (non-hydrogen) atoms. The molecule has 1 fully saturated rings. The van der Waals surface area contributed by atoms with Crippen LogP contribution < -0.4 is 0 Å². The second-order valence-electron chi connectivity index (χ2n) is 4.91. The molecular weight excluding hydrogens is 301 g/mol. The van der Waals surface area contributed by atoms with Crippen molar-refractivity contribution < 1.29 is 17.7 Å². The molecule has 0 unspecified atom stereocenters. The van der Waals surface area contributed by atoms with Crippen LogP contribution in [-0.2, 0) is 10.0 Å². The van der Waals surface area contributed by atoms with Crippen LogP contribution in [0.4, 0.5) is 10.1 Å². The highest BCUT2D eigenvalue weighted by molar-refractivity contribution is 7.89. The van der Waals surface area contributed by atoms with Gasteiger partial charge >= 0.3 is 0 Å². The molecule has 0 atom stereocenters. The maximum absolute atomic E-state index is 13.9. The molecule has 1 heterocycles. The van der Waals surface area contributed by atoms with Crippen molar-refractivity contribution in [3.63, 3.8) is 0 Å². The molecule has 0 aliphatic carbocycles. The fourth-order valence-electron chi connectivity index (χ4n) is 2.29. The Labute approximate surface area is 122 Å². The zero-order valence-corrected chi connectivity index (χ0v) is 12.3. The molecule has 0 N–H and O–H groups in total. The van der Waals surface area contributed by atoms with E-state index in [4.69, 9.17) is 0 Å². The Bertz CT molecular complexity index is 650. The van der Waals surface area contributed by atoms with Gasteiger partial charge in [0.25, 0.3) is 15.7 Å². The van der Waals surface area contributed by atoms with Gasteiger partial charge in [0, 0.05) is 25.7 Å². The molecule has 9 heteroatoms. The van der Waals surface area contributed by atoms with E-state index in [1.807, 2.05) is 11.9 Å². The second-order valence-corrected chi connectivity index (χ2v) is 6.78. The lowest BCUT2D eigenvalue weighted by Gasteiger charge is -2.20. The molecule has 0 bridgehead atoms. The van der Waals surface area contributed by atoms with Gasteiger partial charge in [-0.2, -0.15) is 4.31 Å². The molecular formula is C12H16FN3O4S. The number of rotatable bonds is 3. The number of likely N-dealkylation sites (N-methyl/N-ethyl adjacent to an activating group) is 1. The van der Waals surface area contributed by atoms with E-state index in [2.05, 4.69) is 0 Å². The van der Waals surface area contributed by atoms with Gasteiger partial charge in [0.05, 0.1) is 4.92 Å². The molecule has 2 rings (SSSR count). The quantitative estimate of drug-likeness (QED) is 0.615. The highest BCUT2D eigenvalue weighted by Gasteiger charge is 2.35. The van der Waals surface area contributed by atoms with Crippen molar-refractivity contribution in [3.8, 4) is 0 Å². The molecule has 0 spiro atoms. The summed E-state index contributed by atoms with van der Waals surface area (Å²) in [6.07, 6.45) is 0.595. The molecule has 1 aliphatic heterocycles. The number of nitro groups is 1. The zero-order valence-electron chi connectivity index (χ0n) is 11.5. The topological polar surface area (TPSA) is 83.8 Å². The molecule has 7 nitrogen and oxygen atoms in total. The molecule has 1 aromatic carbocycles. The highest BCUT2D eigenvalue weighted by Crippen LogP contribution is 2.29. The van der Waals surface area contributed by atoms with E-state index in [1.54, 1.807) is 0 Å². The van der Waals surface area contributed by atoms with Crippen LogP contribution in [0.2, 0.25) is 0 Å². The summed E-state index contributed by atoms with van der Waals surface area (Å²) in [5, 5.41) is 11.0. The second kappa shape index (κ2) is 6.04. The van der Waals surface area contributed by atoms with Gasteiger partial charge in [0.1, 0.15) is 5.82 Å². The van der Waals surface area contributed by atoms with Crippen LogP contribution in [0.5, 0.6) is 0 Å². The minimum Gasteiger partial charge on any atom is -0.305 e. The van der Waals surface area contributed by atoms with Gasteiger partial charge in [0.15, 0.2) is 4.90 Å². The Hall–Kier alpha value is -1.58.